The molecule has 1 heterocycles. The number of ether oxygens (including phenoxy) is 1. The van der Waals surface area contributed by atoms with E-state index in [1.54, 1.807) is 19.1 Å². The van der Waals surface area contributed by atoms with Crippen molar-refractivity contribution in [1.29, 1.82) is 0 Å². The van der Waals surface area contributed by atoms with Gasteiger partial charge in [0, 0.05) is 30.8 Å². The summed E-state index contributed by atoms with van der Waals surface area (Å²) in [5.41, 5.74) is 1.84. The number of rotatable bonds is 11. The van der Waals surface area contributed by atoms with E-state index >= 15 is 0 Å². The first-order valence-corrected chi connectivity index (χ1v) is 12.5. The number of likely N-dealkylation sites (N-methyl/N-ethyl adjacent to an activating group) is 1. The van der Waals surface area contributed by atoms with Crippen molar-refractivity contribution in [2.45, 2.75) is 40.0 Å². The smallest absolute Gasteiger partial charge is 0.197 e. The molecule has 0 saturated carbocycles. The minimum Gasteiger partial charge on any atom is -0.490 e. The predicted molar refractivity (Wildman–Crippen MR) is 151 cm³/mol. The Kier molecular flexibility index (Phi) is 8.44. The molecule has 0 amide bonds. The summed E-state index contributed by atoms with van der Waals surface area (Å²) < 4.78 is 51.9. The fraction of sp³-hybridized carbons (Fsp3) is 0.400. The molecule has 3 aromatic rings. The molecule has 174 valence electrons. The molecule has 3 rings (SSSR count). The molecule has 0 atom stereocenters. The van der Waals surface area contributed by atoms with Crippen molar-refractivity contribution in [1.82, 2.24) is 4.90 Å². The topological polar surface area (TPSA) is 42.7 Å². The van der Waals surface area contributed by atoms with Crippen molar-refractivity contribution < 1.29 is 20.8 Å². The van der Waals surface area contributed by atoms with Crippen LogP contribution in [-0.2, 0) is 6.42 Å². The third-order valence-corrected chi connectivity index (χ3v) is 6.66. The van der Waals surface area contributed by atoms with Gasteiger partial charge in [0.15, 0.2) is 5.78 Å². The highest BCUT2D eigenvalue weighted by atomic mass is 127. The summed E-state index contributed by atoms with van der Waals surface area (Å²) in [5, 5.41) is 0.808. The minimum absolute atomic E-state index is 0. The number of ketones is 1. The van der Waals surface area contributed by atoms with Gasteiger partial charge in [-0.2, -0.15) is 0 Å². The summed E-state index contributed by atoms with van der Waals surface area (Å²) in [7, 11) is 0. The lowest BCUT2D eigenvalue weighted by atomic mass is 9.98. The van der Waals surface area contributed by atoms with E-state index in [-0.39, 0.29) is 37.9 Å². The molecule has 1 aromatic heterocycles. The Morgan fingerprint density at radius 2 is 1.94 bits per heavy atom. The van der Waals surface area contributed by atoms with Crippen LogP contribution in [0.4, 0.5) is 0 Å². The van der Waals surface area contributed by atoms with Gasteiger partial charge in [0.2, 0.25) is 0 Å². The number of carbonyl (C=O) groups is 1. The number of halogens is 3. The van der Waals surface area contributed by atoms with Crippen molar-refractivity contribution >= 4 is 74.3 Å². The van der Waals surface area contributed by atoms with E-state index in [0.29, 0.717) is 34.6 Å². The van der Waals surface area contributed by atoms with Crippen LogP contribution in [0.15, 0.2) is 40.8 Å². The molecule has 7 heteroatoms. The van der Waals surface area contributed by atoms with E-state index in [4.69, 9.17) is 16.0 Å². The number of fused-ring (bicyclic) bond motifs is 1. The van der Waals surface area contributed by atoms with Crippen molar-refractivity contribution in [2.24, 2.45) is 0 Å². The van der Waals surface area contributed by atoms with Gasteiger partial charge >= 0.3 is 0 Å². The first-order valence-electron chi connectivity index (χ1n) is 12.8. The van der Waals surface area contributed by atoms with Crippen molar-refractivity contribution in [3.05, 3.63) is 60.4 Å². The zero-order valence-electron chi connectivity index (χ0n) is 23.0. The van der Waals surface area contributed by atoms with Gasteiger partial charge in [0.25, 0.3) is 0 Å². The highest BCUT2D eigenvalue weighted by Gasteiger charge is 2.23. The molecule has 0 radical (unpaired) electrons. The summed E-state index contributed by atoms with van der Waals surface area (Å²) in [4.78, 5) is 14.9. The molecule has 0 unspecified atom stereocenters. The molecule has 2 aromatic carbocycles. The van der Waals surface area contributed by atoms with Gasteiger partial charge in [0.05, 0.1) is 12.7 Å². The Morgan fingerprint density at radius 3 is 2.59 bits per heavy atom. The number of hydrogen-bond acceptors (Lipinski definition) is 4. The number of furan rings is 1. The van der Waals surface area contributed by atoms with Gasteiger partial charge in [-0.05, 0) is 82.8 Å². The first-order chi connectivity index (χ1) is 16.9. The van der Waals surface area contributed by atoms with E-state index in [0.717, 1.165) is 25.4 Å². The molecule has 0 aliphatic carbocycles. The maximum absolute atomic E-state index is 13.7. The van der Waals surface area contributed by atoms with Gasteiger partial charge in [-0.15, -0.1) is 12.4 Å². The third-order valence-electron chi connectivity index (χ3n) is 5.06. The maximum Gasteiger partial charge on any atom is 0.197 e. The van der Waals surface area contributed by atoms with E-state index in [1.807, 2.05) is 24.3 Å². The predicted octanol–water partition coefficient (Wildman–Crippen LogP) is 7.36. The van der Waals surface area contributed by atoms with Crippen LogP contribution in [0.25, 0.3) is 11.0 Å². The van der Waals surface area contributed by atoms with Crippen LogP contribution >= 0.6 is 57.6 Å². The minimum atomic E-state index is -2.76. The van der Waals surface area contributed by atoms with Crippen LogP contribution in [0.2, 0.25) is 0 Å². The molecule has 4 nitrogen and oxygen atoms in total. The lowest BCUT2D eigenvalue weighted by Gasteiger charge is -2.19. The molecular weight excluding hydrogens is 652 g/mol. The fourth-order valence-electron chi connectivity index (χ4n) is 3.38. The second-order valence-electron chi connectivity index (χ2n) is 7.14. The third kappa shape index (κ3) is 6.39. The Hall–Kier alpha value is -0.840. The van der Waals surface area contributed by atoms with Crippen LogP contribution in [0.5, 0.6) is 5.75 Å². The van der Waals surface area contributed by atoms with Gasteiger partial charge in [-0.1, -0.05) is 45.3 Å². The lowest BCUT2D eigenvalue weighted by molar-refractivity contribution is 0.103. The number of unbranched alkanes of at least 4 members (excludes halogenated alkanes) is 1. The molecule has 0 aliphatic rings. The summed E-state index contributed by atoms with van der Waals surface area (Å²) in [6.07, 6.45) is 2.62. The Balaban J connectivity index is 0.00000481. The number of benzene rings is 2. The van der Waals surface area contributed by atoms with E-state index in [9.17, 15) is 4.79 Å². The van der Waals surface area contributed by atoms with E-state index < -0.39 is 13.3 Å². The first kappa shape index (κ1) is 20.5. The molecule has 0 saturated heterocycles. The average Bonchev–Trinajstić information content (AvgIpc) is 3.18. The number of nitrogens with zero attached hydrogens (tertiary/aromatic N) is 1. The lowest BCUT2D eigenvalue weighted by Crippen LogP contribution is -2.28. The normalized spacial score (nSPS) is 14.2. The summed E-state index contributed by atoms with van der Waals surface area (Å²) in [6.45, 7) is -0.954. The number of aryl methyl sites for hydroxylation is 1. The fourth-order valence-corrected chi connectivity index (χ4v) is 5.46. The Bertz CT molecular complexity index is 1210. The molecule has 0 N–H and O–H groups in total. The van der Waals surface area contributed by atoms with Crippen molar-refractivity contribution in [2.75, 3.05) is 26.2 Å². The SMILES string of the molecule is Cl.[2H]C([2H])([2H])C([2H])([2H])N(CC)CCOc1c(I)cc(C(=O)c2c(CCCC)oc3ccccc23)cc1I. The second kappa shape index (κ2) is 13.2. The van der Waals surface area contributed by atoms with Crippen molar-refractivity contribution in [3.63, 3.8) is 0 Å². The molecule has 0 fully saturated rings. The number of para-hydroxylation sites is 1. The summed E-state index contributed by atoms with van der Waals surface area (Å²) in [5.74, 6) is 1.19. The van der Waals surface area contributed by atoms with Crippen LogP contribution in [0.3, 0.4) is 0 Å². The molecule has 0 bridgehead atoms. The zero-order chi connectivity index (χ0) is 26.7. The molecular formula is C25H30ClI2NO3. The monoisotopic (exact) mass is 686 g/mol. The quantitative estimate of drug-likeness (QED) is 0.156. The standard InChI is InChI=1S/C25H29I2NO3.ClH/c1-4-7-11-22-23(18-10-8-9-12-21(18)31-22)24(29)17-15-19(26)25(20(27)16-17)30-14-13-28(5-2)6-3;/h8-10,12,15-16H,4-7,11,13-14H2,1-3H3;1H/i2D3,5D2;. The van der Waals surface area contributed by atoms with Crippen LogP contribution < -0.4 is 4.74 Å². The molecule has 0 aliphatic heterocycles. The zero-order valence-corrected chi connectivity index (χ0v) is 23.2. The maximum atomic E-state index is 13.7. The van der Waals surface area contributed by atoms with Gasteiger partial charge in [-0.25, -0.2) is 0 Å². The highest BCUT2D eigenvalue weighted by molar-refractivity contribution is 14.1. The average molecular weight is 687 g/mol. The van der Waals surface area contributed by atoms with Crippen molar-refractivity contribution in [3.8, 4) is 5.75 Å². The van der Waals surface area contributed by atoms with Crippen LogP contribution in [0.1, 0.15) is 62.1 Å². The van der Waals surface area contributed by atoms with Gasteiger partial charge in [-0.3, -0.25) is 4.79 Å². The second-order valence-corrected chi connectivity index (χ2v) is 9.46. The van der Waals surface area contributed by atoms with Gasteiger partial charge in [0.1, 0.15) is 23.7 Å². The van der Waals surface area contributed by atoms with Gasteiger partial charge < -0.3 is 14.1 Å². The van der Waals surface area contributed by atoms with E-state index in [1.165, 1.54) is 4.90 Å². The number of hydrogen-bond donors (Lipinski definition) is 0. The molecule has 32 heavy (non-hydrogen) atoms. The summed E-state index contributed by atoms with van der Waals surface area (Å²) in [6, 6.07) is 11.1. The van der Waals surface area contributed by atoms with E-state index in [2.05, 4.69) is 52.1 Å². The largest absolute Gasteiger partial charge is 0.490 e. The van der Waals surface area contributed by atoms with Crippen LogP contribution in [0, 0.1) is 7.14 Å². The van der Waals surface area contributed by atoms with Crippen LogP contribution in [-0.4, -0.2) is 36.9 Å². The Labute approximate surface area is 231 Å². The Morgan fingerprint density at radius 1 is 1.22 bits per heavy atom. The highest BCUT2D eigenvalue weighted by Crippen LogP contribution is 2.33. The molecule has 0 spiro atoms. The number of carbonyl (C=O) groups excluding carboxylic acids is 1. The summed E-state index contributed by atoms with van der Waals surface area (Å²) >= 11 is 4.25.